The summed E-state index contributed by atoms with van der Waals surface area (Å²) in [5.41, 5.74) is -0.807. The van der Waals surface area contributed by atoms with E-state index in [-0.39, 0.29) is 12.3 Å². The Bertz CT molecular complexity index is 392. The molecule has 0 unspecified atom stereocenters. The maximum atomic E-state index is 12.4. The van der Waals surface area contributed by atoms with Crippen LogP contribution in [-0.4, -0.2) is 23.0 Å². The van der Waals surface area contributed by atoms with Gasteiger partial charge in [-0.15, -0.1) is 0 Å². The highest BCUT2D eigenvalue weighted by Gasteiger charge is 2.44. The van der Waals surface area contributed by atoms with Crippen LogP contribution in [0.4, 0.5) is 0 Å². The van der Waals surface area contributed by atoms with Gasteiger partial charge in [0.15, 0.2) is 0 Å². The SMILES string of the molecule is O=C(CC1(C(=O)O)CCCCCC1)NC(C1CC1)C1CC1. The highest BCUT2D eigenvalue weighted by molar-refractivity contribution is 5.85. The number of hydrogen-bond acceptors (Lipinski definition) is 2. The summed E-state index contributed by atoms with van der Waals surface area (Å²) in [5, 5.41) is 12.8. The van der Waals surface area contributed by atoms with Gasteiger partial charge in [-0.1, -0.05) is 25.7 Å². The van der Waals surface area contributed by atoms with Crippen LogP contribution in [0.2, 0.25) is 0 Å². The first-order valence-corrected chi connectivity index (χ1v) is 8.63. The van der Waals surface area contributed by atoms with E-state index in [0.29, 0.717) is 30.7 Å². The summed E-state index contributed by atoms with van der Waals surface area (Å²) in [4.78, 5) is 24.2. The second-order valence-corrected chi connectivity index (χ2v) is 7.44. The molecule has 3 rings (SSSR count). The Morgan fingerprint density at radius 3 is 1.95 bits per heavy atom. The topological polar surface area (TPSA) is 66.4 Å². The summed E-state index contributed by atoms with van der Waals surface area (Å²) in [6.07, 6.45) is 10.5. The lowest BCUT2D eigenvalue weighted by Gasteiger charge is -2.28. The average Bonchev–Trinajstić information content (AvgIpc) is 3.31. The van der Waals surface area contributed by atoms with Gasteiger partial charge in [0, 0.05) is 12.5 Å². The van der Waals surface area contributed by atoms with E-state index in [4.69, 9.17) is 0 Å². The van der Waals surface area contributed by atoms with Crippen LogP contribution in [0.15, 0.2) is 0 Å². The molecular formula is C17H27NO3. The third-order valence-corrected chi connectivity index (χ3v) is 5.60. The van der Waals surface area contributed by atoms with Crippen LogP contribution < -0.4 is 5.32 Å². The van der Waals surface area contributed by atoms with Crippen molar-refractivity contribution in [2.45, 2.75) is 76.7 Å². The quantitative estimate of drug-likeness (QED) is 0.739. The summed E-state index contributed by atoms with van der Waals surface area (Å²) in [6.45, 7) is 0. The van der Waals surface area contributed by atoms with Crippen molar-refractivity contribution < 1.29 is 14.7 Å². The molecule has 0 aromatic rings. The third kappa shape index (κ3) is 3.58. The molecule has 0 spiro atoms. The first-order chi connectivity index (χ1) is 10.1. The molecule has 0 bridgehead atoms. The highest BCUT2D eigenvalue weighted by atomic mass is 16.4. The number of aliphatic carboxylic acids is 1. The Hall–Kier alpha value is -1.06. The van der Waals surface area contributed by atoms with E-state index in [1.54, 1.807) is 0 Å². The Labute approximate surface area is 126 Å². The Morgan fingerprint density at radius 1 is 1.00 bits per heavy atom. The predicted molar refractivity (Wildman–Crippen MR) is 79.8 cm³/mol. The molecule has 3 saturated carbocycles. The molecule has 21 heavy (non-hydrogen) atoms. The van der Waals surface area contributed by atoms with Crippen molar-refractivity contribution in [3.8, 4) is 0 Å². The molecule has 0 atom stereocenters. The van der Waals surface area contributed by atoms with Crippen LogP contribution in [0.3, 0.4) is 0 Å². The smallest absolute Gasteiger partial charge is 0.310 e. The average molecular weight is 293 g/mol. The van der Waals surface area contributed by atoms with Crippen LogP contribution >= 0.6 is 0 Å². The maximum absolute atomic E-state index is 12.4. The number of amides is 1. The molecule has 0 aromatic carbocycles. The maximum Gasteiger partial charge on any atom is 0.310 e. The minimum Gasteiger partial charge on any atom is -0.481 e. The molecule has 1 amide bonds. The van der Waals surface area contributed by atoms with Gasteiger partial charge in [0.25, 0.3) is 0 Å². The predicted octanol–water partition coefficient (Wildman–Crippen LogP) is 3.11. The van der Waals surface area contributed by atoms with Gasteiger partial charge in [0.1, 0.15) is 0 Å². The molecule has 3 fully saturated rings. The van der Waals surface area contributed by atoms with Gasteiger partial charge in [-0.05, 0) is 50.4 Å². The van der Waals surface area contributed by atoms with Gasteiger partial charge in [-0.2, -0.15) is 0 Å². The fourth-order valence-corrected chi connectivity index (χ4v) is 3.95. The summed E-state index contributed by atoms with van der Waals surface area (Å²) in [5.74, 6) is 0.532. The molecule has 0 heterocycles. The monoisotopic (exact) mass is 293 g/mol. The molecule has 3 aliphatic rings. The molecule has 0 aliphatic heterocycles. The normalized spacial score (nSPS) is 25.4. The molecule has 0 aromatic heterocycles. The largest absolute Gasteiger partial charge is 0.481 e. The lowest BCUT2D eigenvalue weighted by Crippen LogP contribution is -2.43. The molecule has 118 valence electrons. The number of hydrogen-bond donors (Lipinski definition) is 2. The van der Waals surface area contributed by atoms with E-state index in [2.05, 4.69) is 5.32 Å². The second kappa shape index (κ2) is 5.98. The number of nitrogens with one attached hydrogen (secondary N) is 1. The highest BCUT2D eigenvalue weighted by Crippen LogP contribution is 2.45. The molecule has 4 nitrogen and oxygen atoms in total. The van der Waals surface area contributed by atoms with Crippen LogP contribution in [0.5, 0.6) is 0 Å². The van der Waals surface area contributed by atoms with E-state index >= 15 is 0 Å². The van der Waals surface area contributed by atoms with Gasteiger partial charge < -0.3 is 10.4 Å². The standard InChI is InChI=1S/C17H27NO3/c19-14(18-15(12-5-6-12)13-7-8-13)11-17(16(20)21)9-3-1-2-4-10-17/h12-13,15H,1-11H2,(H,18,19)(H,20,21). The van der Waals surface area contributed by atoms with Gasteiger partial charge in [-0.25, -0.2) is 0 Å². The molecule has 0 radical (unpaired) electrons. The molecule has 4 heteroatoms. The number of carboxylic acids is 1. The zero-order valence-electron chi connectivity index (χ0n) is 12.8. The first kappa shape index (κ1) is 14.9. The van der Waals surface area contributed by atoms with E-state index < -0.39 is 11.4 Å². The van der Waals surface area contributed by atoms with Crippen molar-refractivity contribution in [2.75, 3.05) is 0 Å². The number of carboxylic acid groups (broad SMARTS) is 1. The van der Waals surface area contributed by atoms with Gasteiger partial charge >= 0.3 is 5.97 Å². The first-order valence-electron chi connectivity index (χ1n) is 8.63. The van der Waals surface area contributed by atoms with E-state index in [0.717, 1.165) is 25.7 Å². The zero-order chi connectivity index (χ0) is 14.9. The van der Waals surface area contributed by atoms with Crippen LogP contribution in [0.1, 0.15) is 70.6 Å². The Balaban J connectivity index is 1.61. The van der Waals surface area contributed by atoms with Gasteiger partial charge in [-0.3, -0.25) is 9.59 Å². The van der Waals surface area contributed by atoms with E-state index in [1.165, 1.54) is 25.7 Å². The van der Waals surface area contributed by atoms with E-state index in [1.807, 2.05) is 0 Å². The number of carbonyl (C=O) groups is 2. The van der Waals surface area contributed by atoms with E-state index in [9.17, 15) is 14.7 Å². The van der Waals surface area contributed by atoms with Crippen molar-refractivity contribution in [3.05, 3.63) is 0 Å². The number of rotatable bonds is 6. The van der Waals surface area contributed by atoms with Crippen molar-refractivity contribution in [1.82, 2.24) is 5.32 Å². The zero-order valence-corrected chi connectivity index (χ0v) is 12.8. The van der Waals surface area contributed by atoms with Crippen LogP contribution in [0, 0.1) is 17.3 Å². The number of carbonyl (C=O) groups excluding carboxylic acids is 1. The summed E-state index contributed by atoms with van der Waals surface area (Å²) in [7, 11) is 0. The Morgan fingerprint density at radius 2 is 1.52 bits per heavy atom. The molecular weight excluding hydrogens is 266 g/mol. The molecule has 0 saturated heterocycles. The Kier molecular flexibility index (Phi) is 4.23. The third-order valence-electron chi connectivity index (χ3n) is 5.60. The van der Waals surface area contributed by atoms with Crippen molar-refractivity contribution in [3.63, 3.8) is 0 Å². The van der Waals surface area contributed by atoms with Crippen molar-refractivity contribution in [1.29, 1.82) is 0 Å². The fourth-order valence-electron chi connectivity index (χ4n) is 3.95. The van der Waals surface area contributed by atoms with Gasteiger partial charge in [0.05, 0.1) is 5.41 Å². The minimum absolute atomic E-state index is 0.0249. The van der Waals surface area contributed by atoms with Crippen molar-refractivity contribution in [2.24, 2.45) is 17.3 Å². The molecule has 2 N–H and O–H groups in total. The van der Waals surface area contributed by atoms with Crippen LogP contribution in [-0.2, 0) is 9.59 Å². The lowest BCUT2D eigenvalue weighted by molar-refractivity contribution is -0.153. The molecule has 3 aliphatic carbocycles. The minimum atomic E-state index is -0.807. The second-order valence-electron chi connectivity index (χ2n) is 7.44. The van der Waals surface area contributed by atoms with Crippen molar-refractivity contribution >= 4 is 11.9 Å². The lowest BCUT2D eigenvalue weighted by atomic mass is 9.77. The summed E-state index contributed by atoms with van der Waals surface area (Å²) < 4.78 is 0. The fraction of sp³-hybridized carbons (Fsp3) is 0.882. The summed E-state index contributed by atoms with van der Waals surface area (Å²) in [6, 6.07) is 0.328. The summed E-state index contributed by atoms with van der Waals surface area (Å²) >= 11 is 0. The van der Waals surface area contributed by atoms with Crippen LogP contribution in [0.25, 0.3) is 0 Å². The van der Waals surface area contributed by atoms with Gasteiger partial charge in [0.2, 0.25) is 5.91 Å².